The van der Waals surface area contributed by atoms with E-state index in [0.717, 1.165) is 11.1 Å². The van der Waals surface area contributed by atoms with Crippen molar-refractivity contribution in [2.75, 3.05) is 13.1 Å². The van der Waals surface area contributed by atoms with Crippen LogP contribution in [0.5, 0.6) is 0 Å². The second-order valence-corrected chi connectivity index (χ2v) is 17.6. The molecule has 2 atom stereocenters. The van der Waals surface area contributed by atoms with Crippen molar-refractivity contribution in [2.24, 2.45) is 16.6 Å². The first-order valence-electron chi connectivity index (χ1n) is 18.4. The van der Waals surface area contributed by atoms with Gasteiger partial charge >= 0.3 is 18.3 Å². The molecule has 0 heterocycles. The fourth-order valence-corrected chi connectivity index (χ4v) is 4.31. The van der Waals surface area contributed by atoms with Crippen LogP contribution in [0.15, 0.2) is 60.7 Å². The number of ether oxygens (including phenoxy) is 3. The summed E-state index contributed by atoms with van der Waals surface area (Å²) >= 11 is 0. The van der Waals surface area contributed by atoms with Gasteiger partial charge in [-0.25, -0.2) is 14.4 Å². The van der Waals surface area contributed by atoms with E-state index < -0.39 is 40.9 Å². The Balaban J connectivity index is 0.000000568. The minimum Gasteiger partial charge on any atom is -0.445 e. The van der Waals surface area contributed by atoms with Gasteiger partial charge in [0.25, 0.3) is 0 Å². The molecule has 0 aromatic heterocycles. The molecule has 7 N–H and O–H groups in total. The SMILES string of the molecule is CC(C)(C)OC(=O)N[C@H](CNC(=O)C(C)(C)NC(=O)OCc1ccccc1)C(C)(C)C.CC(C)(NC(=O)OCc1ccccc1)C(=O)NC[C@@H](N)C(C)(C)C. The molecule has 0 bridgehead atoms. The van der Waals surface area contributed by atoms with Gasteiger partial charge in [-0.15, -0.1) is 0 Å². The summed E-state index contributed by atoms with van der Waals surface area (Å²) in [6, 6.07) is 18.0. The predicted octanol–water partition coefficient (Wildman–Crippen LogP) is 5.93. The Morgan fingerprint density at radius 1 is 0.564 bits per heavy atom. The number of nitrogens with two attached hydrogens (primary N) is 1. The fraction of sp³-hybridized carbons (Fsp3) is 0.585. The summed E-state index contributed by atoms with van der Waals surface area (Å²) in [5.41, 5.74) is 4.39. The van der Waals surface area contributed by atoms with Gasteiger partial charge in [0.1, 0.15) is 29.9 Å². The molecule has 308 valence electrons. The zero-order chi connectivity index (χ0) is 42.3. The van der Waals surface area contributed by atoms with E-state index in [1.165, 1.54) is 0 Å². The van der Waals surface area contributed by atoms with Gasteiger partial charge in [-0.2, -0.15) is 0 Å². The summed E-state index contributed by atoms with van der Waals surface area (Å²) in [6.07, 6.45) is -1.88. The monoisotopic (exact) mass is 770 g/mol. The number of carbonyl (C=O) groups excluding carboxylic acids is 5. The first-order chi connectivity index (χ1) is 25.1. The van der Waals surface area contributed by atoms with Gasteiger partial charge in [0.05, 0.1) is 6.04 Å². The van der Waals surface area contributed by atoms with Crippen molar-refractivity contribution in [3.05, 3.63) is 71.8 Å². The van der Waals surface area contributed by atoms with E-state index in [0.29, 0.717) is 6.54 Å². The van der Waals surface area contributed by atoms with Crippen molar-refractivity contribution in [1.82, 2.24) is 26.6 Å². The summed E-state index contributed by atoms with van der Waals surface area (Å²) in [4.78, 5) is 61.2. The molecule has 14 heteroatoms. The quantitative estimate of drug-likeness (QED) is 0.134. The van der Waals surface area contributed by atoms with Crippen LogP contribution in [0.1, 0.15) is 101 Å². The van der Waals surface area contributed by atoms with Crippen molar-refractivity contribution >= 4 is 30.1 Å². The van der Waals surface area contributed by atoms with E-state index in [-0.39, 0.29) is 48.6 Å². The van der Waals surface area contributed by atoms with Crippen molar-refractivity contribution < 1.29 is 38.2 Å². The van der Waals surface area contributed by atoms with Crippen LogP contribution in [-0.4, -0.2) is 71.9 Å². The number of alkyl carbamates (subject to hydrolysis) is 3. The third-order valence-corrected chi connectivity index (χ3v) is 8.19. The second kappa shape index (κ2) is 20.7. The van der Waals surface area contributed by atoms with E-state index in [1.54, 1.807) is 48.5 Å². The Labute approximate surface area is 327 Å². The Bertz CT molecular complexity index is 1530. The topological polar surface area (TPSA) is 199 Å². The largest absolute Gasteiger partial charge is 0.445 e. The summed E-state index contributed by atoms with van der Waals surface area (Å²) in [7, 11) is 0. The molecule has 0 aliphatic carbocycles. The molecular weight excluding hydrogens is 704 g/mol. The molecule has 55 heavy (non-hydrogen) atoms. The molecule has 0 aliphatic rings. The highest BCUT2D eigenvalue weighted by Crippen LogP contribution is 2.20. The zero-order valence-corrected chi connectivity index (χ0v) is 35.1. The van der Waals surface area contributed by atoms with Crippen LogP contribution in [0.4, 0.5) is 14.4 Å². The molecule has 2 aromatic carbocycles. The zero-order valence-electron chi connectivity index (χ0n) is 35.1. The van der Waals surface area contributed by atoms with Crippen LogP contribution >= 0.6 is 0 Å². The molecule has 14 nitrogen and oxygen atoms in total. The number of nitrogens with one attached hydrogen (secondary N) is 5. The standard InChI is InChI=1S/C23H37N3O5.C18H29N3O3/c1-21(2,3)17(25-19(28)31-22(4,5)6)14-24-18(27)23(7,8)26-20(29)30-15-16-12-10-9-11-13-16;1-17(2,3)14(19)11-20-15(22)18(4,5)21-16(23)24-12-13-9-7-6-8-10-13/h9-13,17H,14-15H2,1-8H3,(H,24,27)(H,25,28)(H,26,29);6-10,14H,11-12,19H2,1-5H3,(H,20,22)(H,21,23)/t17-;14-/m11/s1. The van der Waals surface area contributed by atoms with E-state index in [4.69, 9.17) is 19.9 Å². The first kappa shape index (κ1) is 48.2. The maximum Gasteiger partial charge on any atom is 0.408 e. The number of hydrogen-bond acceptors (Lipinski definition) is 9. The Kier molecular flexibility index (Phi) is 18.2. The highest BCUT2D eigenvalue weighted by Gasteiger charge is 2.34. The van der Waals surface area contributed by atoms with Crippen molar-refractivity contribution in [2.45, 2.75) is 132 Å². The van der Waals surface area contributed by atoms with Crippen LogP contribution in [0.3, 0.4) is 0 Å². The number of carbonyl (C=O) groups is 5. The lowest BCUT2D eigenvalue weighted by atomic mass is 9.86. The Morgan fingerprint density at radius 3 is 1.29 bits per heavy atom. The lowest BCUT2D eigenvalue weighted by Gasteiger charge is -2.33. The Hall–Kier alpha value is -4.85. The summed E-state index contributed by atoms with van der Waals surface area (Å²) in [6.45, 7) is 24.4. The highest BCUT2D eigenvalue weighted by atomic mass is 16.6. The van der Waals surface area contributed by atoms with Crippen LogP contribution in [0, 0.1) is 10.8 Å². The molecule has 2 aromatic rings. The smallest absolute Gasteiger partial charge is 0.408 e. The van der Waals surface area contributed by atoms with E-state index in [1.807, 2.05) is 102 Å². The summed E-state index contributed by atoms with van der Waals surface area (Å²) in [5, 5.41) is 13.5. The van der Waals surface area contributed by atoms with Crippen LogP contribution in [0.2, 0.25) is 0 Å². The summed E-state index contributed by atoms with van der Waals surface area (Å²) < 4.78 is 15.6. The van der Waals surface area contributed by atoms with E-state index in [9.17, 15) is 24.0 Å². The number of amides is 5. The number of benzene rings is 2. The molecule has 0 saturated carbocycles. The van der Waals surface area contributed by atoms with Crippen LogP contribution < -0.4 is 32.3 Å². The van der Waals surface area contributed by atoms with Gasteiger partial charge < -0.3 is 46.5 Å². The van der Waals surface area contributed by atoms with Crippen molar-refractivity contribution in [1.29, 1.82) is 0 Å². The molecule has 0 saturated heterocycles. The van der Waals surface area contributed by atoms with Crippen LogP contribution in [-0.2, 0) is 37.0 Å². The second-order valence-electron chi connectivity index (χ2n) is 17.6. The normalized spacial score (nSPS) is 13.1. The number of hydrogen-bond donors (Lipinski definition) is 6. The molecule has 0 fully saturated rings. The third-order valence-electron chi connectivity index (χ3n) is 8.19. The minimum absolute atomic E-state index is 0.107. The number of rotatable bonds is 13. The average molecular weight is 771 g/mol. The van der Waals surface area contributed by atoms with E-state index in [2.05, 4.69) is 26.6 Å². The average Bonchev–Trinajstić information content (AvgIpc) is 3.06. The molecular formula is C41H66N6O8. The van der Waals surface area contributed by atoms with Crippen molar-refractivity contribution in [3.63, 3.8) is 0 Å². The maximum atomic E-state index is 12.7. The molecule has 0 spiro atoms. The molecule has 0 radical (unpaired) electrons. The predicted molar refractivity (Wildman–Crippen MR) is 214 cm³/mol. The first-order valence-corrected chi connectivity index (χ1v) is 18.4. The molecule has 0 unspecified atom stereocenters. The molecule has 2 rings (SSSR count). The van der Waals surface area contributed by atoms with Gasteiger partial charge in [-0.05, 0) is 70.4 Å². The molecule has 0 aliphatic heterocycles. The summed E-state index contributed by atoms with van der Waals surface area (Å²) in [5.74, 6) is -0.705. The van der Waals surface area contributed by atoms with Gasteiger partial charge in [0.15, 0.2) is 0 Å². The van der Waals surface area contributed by atoms with Crippen LogP contribution in [0.25, 0.3) is 0 Å². The maximum absolute atomic E-state index is 12.7. The minimum atomic E-state index is -1.21. The van der Waals surface area contributed by atoms with Gasteiger partial charge in [-0.3, -0.25) is 9.59 Å². The lowest BCUT2D eigenvalue weighted by molar-refractivity contribution is -0.127. The van der Waals surface area contributed by atoms with Gasteiger partial charge in [0, 0.05) is 19.1 Å². The Morgan fingerprint density at radius 2 is 0.945 bits per heavy atom. The van der Waals surface area contributed by atoms with Gasteiger partial charge in [-0.1, -0.05) is 102 Å². The van der Waals surface area contributed by atoms with Gasteiger partial charge in [0.2, 0.25) is 11.8 Å². The lowest BCUT2D eigenvalue weighted by Crippen LogP contribution is -2.58. The van der Waals surface area contributed by atoms with Crippen molar-refractivity contribution in [3.8, 4) is 0 Å². The van der Waals surface area contributed by atoms with E-state index >= 15 is 0 Å². The third kappa shape index (κ3) is 19.9. The highest BCUT2D eigenvalue weighted by molar-refractivity contribution is 5.89. The molecule has 5 amide bonds. The fourth-order valence-electron chi connectivity index (χ4n) is 4.31.